The van der Waals surface area contributed by atoms with E-state index in [1.54, 1.807) is 6.20 Å². The van der Waals surface area contributed by atoms with Crippen molar-refractivity contribution in [2.24, 2.45) is 5.92 Å². The van der Waals surface area contributed by atoms with E-state index in [4.69, 9.17) is 4.74 Å². The number of nitrogens with one attached hydrogen (secondary N) is 1. The van der Waals surface area contributed by atoms with Crippen molar-refractivity contribution in [1.29, 1.82) is 0 Å². The molecule has 0 spiro atoms. The molecule has 2 amide bonds. The molecule has 1 aromatic carbocycles. The molecule has 2 aromatic heterocycles. The van der Waals surface area contributed by atoms with Crippen molar-refractivity contribution < 1.29 is 14.3 Å². The standard InChI is InChI=1S/C25H28N4O3/c30-24(27-16-18-5-10-28-13-9-26-23(28)15-18)21-3-1-19(2-4-21)20-6-11-29(12-7-20)25(31)22-8-14-32-17-22/h1-5,9-10,13,15,20,22H,6-8,11-12,14,16-17H2,(H,27,30)/t22-/m0/s1. The number of nitrogens with zero attached hydrogens (tertiary/aromatic N) is 3. The molecule has 0 saturated carbocycles. The van der Waals surface area contributed by atoms with Gasteiger partial charge in [-0.1, -0.05) is 12.1 Å². The molecule has 4 heterocycles. The molecule has 1 atom stereocenters. The number of fused-ring (bicyclic) bond motifs is 1. The van der Waals surface area contributed by atoms with Gasteiger partial charge < -0.3 is 19.4 Å². The second kappa shape index (κ2) is 9.12. The van der Waals surface area contributed by atoms with Gasteiger partial charge in [-0.25, -0.2) is 4.98 Å². The summed E-state index contributed by atoms with van der Waals surface area (Å²) in [5.74, 6) is 0.641. The van der Waals surface area contributed by atoms with Gasteiger partial charge in [-0.3, -0.25) is 9.59 Å². The van der Waals surface area contributed by atoms with Crippen LogP contribution in [0.5, 0.6) is 0 Å². The minimum atomic E-state index is -0.0843. The highest BCUT2D eigenvalue weighted by Gasteiger charge is 2.31. The number of piperidine rings is 1. The van der Waals surface area contributed by atoms with Crippen molar-refractivity contribution in [3.05, 3.63) is 71.7 Å². The van der Waals surface area contributed by atoms with Crippen LogP contribution in [0.25, 0.3) is 5.65 Å². The number of carbonyl (C=O) groups excluding carboxylic acids is 2. The summed E-state index contributed by atoms with van der Waals surface area (Å²) in [6.45, 7) is 3.32. The average molecular weight is 433 g/mol. The third kappa shape index (κ3) is 4.39. The van der Waals surface area contributed by atoms with Gasteiger partial charge in [0, 0.05) is 50.4 Å². The van der Waals surface area contributed by atoms with E-state index in [9.17, 15) is 9.59 Å². The van der Waals surface area contributed by atoms with E-state index in [2.05, 4.69) is 22.4 Å². The van der Waals surface area contributed by atoms with E-state index in [0.29, 0.717) is 31.2 Å². The molecule has 2 aliphatic rings. The number of rotatable bonds is 5. The smallest absolute Gasteiger partial charge is 0.251 e. The molecule has 0 unspecified atom stereocenters. The quantitative estimate of drug-likeness (QED) is 0.673. The number of amides is 2. The minimum Gasteiger partial charge on any atom is -0.381 e. The molecule has 0 aliphatic carbocycles. The van der Waals surface area contributed by atoms with Crippen LogP contribution in [0, 0.1) is 5.92 Å². The Labute approximate surface area is 187 Å². The molecule has 7 heteroatoms. The van der Waals surface area contributed by atoms with Crippen molar-refractivity contribution in [1.82, 2.24) is 19.6 Å². The topological polar surface area (TPSA) is 75.9 Å². The summed E-state index contributed by atoms with van der Waals surface area (Å²) in [5.41, 5.74) is 3.77. The van der Waals surface area contributed by atoms with Gasteiger partial charge in [-0.2, -0.15) is 0 Å². The molecule has 7 nitrogen and oxygen atoms in total. The maximum absolute atomic E-state index is 12.6. The predicted octanol–water partition coefficient (Wildman–Crippen LogP) is 3.01. The van der Waals surface area contributed by atoms with E-state index < -0.39 is 0 Å². The maximum atomic E-state index is 12.6. The van der Waals surface area contributed by atoms with Crippen LogP contribution in [0.1, 0.15) is 46.7 Å². The van der Waals surface area contributed by atoms with E-state index >= 15 is 0 Å². The third-order valence-electron chi connectivity index (χ3n) is 6.65. The second-order valence-corrected chi connectivity index (χ2v) is 8.69. The zero-order valence-electron chi connectivity index (χ0n) is 18.1. The Morgan fingerprint density at radius 3 is 2.62 bits per heavy atom. The van der Waals surface area contributed by atoms with Crippen LogP contribution in [0.3, 0.4) is 0 Å². The Balaban J connectivity index is 1.13. The monoisotopic (exact) mass is 432 g/mol. The van der Waals surface area contributed by atoms with E-state index in [0.717, 1.165) is 43.6 Å². The highest BCUT2D eigenvalue weighted by Crippen LogP contribution is 2.29. The number of benzene rings is 1. The van der Waals surface area contributed by atoms with E-state index in [-0.39, 0.29) is 17.7 Å². The average Bonchev–Trinajstić information content (AvgIpc) is 3.54. The Bertz CT molecular complexity index is 1090. The van der Waals surface area contributed by atoms with Crippen molar-refractivity contribution in [2.75, 3.05) is 26.3 Å². The lowest BCUT2D eigenvalue weighted by Gasteiger charge is -2.33. The van der Waals surface area contributed by atoms with Gasteiger partial charge in [0.15, 0.2) is 0 Å². The molecule has 32 heavy (non-hydrogen) atoms. The van der Waals surface area contributed by atoms with Crippen molar-refractivity contribution >= 4 is 17.5 Å². The summed E-state index contributed by atoms with van der Waals surface area (Å²) >= 11 is 0. The first kappa shape index (κ1) is 20.7. The molecular formula is C25H28N4O3. The lowest BCUT2D eigenvalue weighted by Crippen LogP contribution is -2.41. The van der Waals surface area contributed by atoms with Crippen LogP contribution < -0.4 is 5.32 Å². The zero-order chi connectivity index (χ0) is 21.9. The number of carbonyl (C=O) groups is 2. The fraction of sp³-hybridized carbons (Fsp3) is 0.400. The number of hydrogen-bond donors (Lipinski definition) is 1. The van der Waals surface area contributed by atoms with Crippen LogP contribution in [-0.2, 0) is 16.1 Å². The van der Waals surface area contributed by atoms with Crippen LogP contribution >= 0.6 is 0 Å². The number of pyridine rings is 1. The molecule has 0 radical (unpaired) electrons. The Morgan fingerprint density at radius 1 is 1.06 bits per heavy atom. The van der Waals surface area contributed by atoms with Gasteiger partial charge in [0.2, 0.25) is 5.91 Å². The first-order chi connectivity index (χ1) is 15.7. The Kier molecular flexibility index (Phi) is 5.90. The number of likely N-dealkylation sites (tertiary alicyclic amines) is 1. The van der Waals surface area contributed by atoms with Crippen LogP contribution in [0.2, 0.25) is 0 Å². The maximum Gasteiger partial charge on any atom is 0.251 e. The summed E-state index contributed by atoms with van der Waals surface area (Å²) in [4.78, 5) is 31.4. The first-order valence-electron chi connectivity index (χ1n) is 11.3. The zero-order valence-corrected chi connectivity index (χ0v) is 18.1. The van der Waals surface area contributed by atoms with Crippen molar-refractivity contribution in [3.8, 4) is 0 Å². The number of imidazole rings is 1. The fourth-order valence-electron chi connectivity index (χ4n) is 4.67. The second-order valence-electron chi connectivity index (χ2n) is 8.69. The predicted molar refractivity (Wildman–Crippen MR) is 120 cm³/mol. The highest BCUT2D eigenvalue weighted by atomic mass is 16.5. The lowest BCUT2D eigenvalue weighted by atomic mass is 9.88. The number of ether oxygens (including phenoxy) is 1. The first-order valence-corrected chi connectivity index (χ1v) is 11.3. The molecular weight excluding hydrogens is 404 g/mol. The van der Waals surface area contributed by atoms with Gasteiger partial charge in [0.05, 0.1) is 12.5 Å². The van der Waals surface area contributed by atoms with Gasteiger partial charge >= 0.3 is 0 Å². The largest absolute Gasteiger partial charge is 0.381 e. The van der Waals surface area contributed by atoms with Gasteiger partial charge in [0.25, 0.3) is 5.91 Å². The highest BCUT2D eigenvalue weighted by molar-refractivity contribution is 5.94. The molecule has 1 N–H and O–H groups in total. The summed E-state index contributed by atoms with van der Waals surface area (Å²) in [5, 5.41) is 2.99. The third-order valence-corrected chi connectivity index (χ3v) is 6.65. The molecule has 3 aromatic rings. The summed E-state index contributed by atoms with van der Waals surface area (Å²) in [6.07, 6.45) is 8.36. The molecule has 2 saturated heterocycles. The van der Waals surface area contributed by atoms with Gasteiger partial charge in [0.1, 0.15) is 5.65 Å². The van der Waals surface area contributed by atoms with Crippen LogP contribution in [-0.4, -0.2) is 52.4 Å². The molecule has 166 valence electrons. The molecule has 2 fully saturated rings. The Morgan fingerprint density at radius 2 is 1.88 bits per heavy atom. The normalized spacial score (nSPS) is 19.4. The van der Waals surface area contributed by atoms with Crippen LogP contribution in [0.4, 0.5) is 0 Å². The summed E-state index contributed by atoms with van der Waals surface area (Å²) in [7, 11) is 0. The SMILES string of the molecule is O=C(NCc1ccn2ccnc2c1)c1ccc(C2CCN(C(=O)[C@H]3CCOC3)CC2)cc1. The fourth-order valence-corrected chi connectivity index (χ4v) is 4.67. The van der Waals surface area contributed by atoms with E-state index in [1.807, 2.05) is 46.0 Å². The molecule has 5 rings (SSSR count). The lowest BCUT2D eigenvalue weighted by molar-refractivity contribution is -0.136. The molecule has 0 bridgehead atoms. The van der Waals surface area contributed by atoms with Gasteiger partial charge in [-0.15, -0.1) is 0 Å². The summed E-state index contributed by atoms with van der Waals surface area (Å²) in [6, 6.07) is 11.9. The van der Waals surface area contributed by atoms with Gasteiger partial charge in [-0.05, 0) is 60.6 Å². The Hall–Kier alpha value is -3.19. The molecule has 2 aliphatic heterocycles. The number of aromatic nitrogens is 2. The van der Waals surface area contributed by atoms with Crippen molar-refractivity contribution in [2.45, 2.75) is 31.7 Å². The number of hydrogen-bond acceptors (Lipinski definition) is 4. The summed E-state index contributed by atoms with van der Waals surface area (Å²) < 4.78 is 7.30. The van der Waals surface area contributed by atoms with Crippen LogP contribution in [0.15, 0.2) is 55.0 Å². The van der Waals surface area contributed by atoms with E-state index in [1.165, 1.54) is 5.56 Å². The van der Waals surface area contributed by atoms with Crippen molar-refractivity contribution in [3.63, 3.8) is 0 Å². The minimum absolute atomic E-state index is 0.0472.